The number of nitrogens with zero attached hydrogens (tertiary/aromatic N) is 2. The number of rotatable bonds is 4. The number of hydrogen-bond acceptors (Lipinski definition) is 2. The summed E-state index contributed by atoms with van der Waals surface area (Å²) in [4.78, 5) is 14.3. The molecule has 0 radical (unpaired) electrons. The Kier molecular flexibility index (Phi) is 4.05. The summed E-state index contributed by atoms with van der Waals surface area (Å²) in [5.41, 5.74) is 1.54. The Morgan fingerprint density at radius 3 is 3.18 bits per heavy atom. The number of nitrogens with one attached hydrogen (secondary N) is 1. The highest BCUT2D eigenvalue weighted by atomic mass is 35.5. The third kappa shape index (κ3) is 2.63. The number of carbonyl (C=O) groups is 1. The van der Waals surface area contributed by atoms with E-state index in [1.807, 2.05) is 11.8 Å². The Labute approximate surface area is 106 Å². The van der Waals surface area contributed by atoms with Gasteiger partial charge in [-0.15, -0.1) is 11.6 Å². The first-order chi connectivity index (χ1) is 8.24. The van der Waals surface area contributed by atoms with Crippen molar-refractivity contribution in [1.29, 1.82) is 0 Å². The van der Waals surface area contributed by atoms with E-state index in [0.717, 1.165) is 37.9 Å². The van der Waals surface area contributed by atoms with Gasteiger partial charge in [0.25, 0.3) is 5.91 Å². The Balaban J connectivity index is 2.06. The predicted molar refractivity (Wildman–Crippen MR) is 67.3 cm³/mol. The average molecular weight is 256 g/mol. The van der Waals surface area contributed by atoms with Gasteiger partial charge in [-0.2, -0.15) is 5.10 Å². The van der Waals surface area contributed by atoms with Crippen molar-refractivity contribution in [3.8, 4) is 0 Å². The van der Waals surface area contributed by atoms with Crippen LogP contribution in [0.4, 0.5) is 0 Å². The number of halogens is 1. The third-order valence-electron chi connectivity index (χ3n) is 3.37. The summed E-state index contributed by atoms with van der Waals surface area (Å²) in [6, 6.07) is 0.357. The van der Waals surface area contributed by atoms with Gasteiger partial charge in [-0.3, -0.25) is 9.89 Å². The van der Waals surface area contributed by atoms with E-state index in [1.165, 1.54) is 0 Å². The van der Waals surface area contributed by atoms with Gasteiger partial charge in [0.2, 0.25) is 0 Å². The van der Waals surface area contributed by atoms with E-state index in [-0.39, 0.29) is 5.91 Å². The minimum absolute atomic E-state index is 0.105. The standard InChI is InChI=1S/C12H18ClN3O/c1-9-11(8-14-15-9)12(17)16-7-3-5-10(16)4-2-6-13/h8,10H,2-7H2,1H3,(H,14,15). The minimum Gasteiger partial charge on any atom is -0.336 e. The highest BCUT2D eigenvalue weighted by molar-refractivity contribution is 6.17. The van der Waals surface area contributed by atoms with E-state index in [4.69, 9.17) is 11.6 Å². The molecule has 1 aliphatic heterocycles. The summed E-state index contributed by atoms with van der Waals surface area (Å²) in [6.45, 7) is 2.74. The van der Waals surface area contributed by atoms with Crippen LogP contribution in [-0.2, 0) is 0 Å². The smallest absolute Gasteiger partial charge is 0.257 e. The number of carbonyl (C=O) groups excluding carboxylic acids is 1. The molecule has 2 heterocycles. The van der Waals surface area contributed by atoms with Crippen LogP contribution in [0.3, 0.4) is 0 Å². The molecule has 4 nitrogen and oxygen atoms in total. The van der Waals surface area contributed by atoms with Gasteiger partial charge in [0, 0.05) is 24.2 Å². The van der Waals surface area contributed by atoms with E-state index >= 15 is 0 Å². The summed E-state index contributed by atoms with van der Waals surface area (Å²) >= 11 is 5.71. The molecule has 1 fully saturated rings. The molecule has 0 saturated carbocycles. The van der Waals surface area contributed by atoms with Gasteiger partial charge in [0.15, 0.2) is 0 Å². The quantitative estimate of drug-likeness (QED) is 0.840. The second-order valence-corrected chi connectivity index (χ2v) is 4.91. The Morgan fingerprint density at radius 2 is 2.53 bits per heavy atom. The van der Waals surface area contributed by atoms with Crippen LogP contribution in [0.1, 0.15) is 41.7 Å². The number of aryl methyl sites for hydroxylation is 1. The number of likely N-dealkylation sites (tertiary alicyclic amines) is 1. The molecule has 1 atom stereocenters. The van der Waals surface area contributed by atoms with Crippen LogP contribution in [0.25, 0.3) is 0 Å². The van der Waals surface area contributed by atoms with Crippen molar-refractivity contribution in [2.24, 2.45) is 0 Å². The van der Waals surface area contributed by atoms with E-state index in [2.05, 4.69) is 10.2 Å². The molecule has 1 unspecified atom stereocenters. The molecule has 2 rings (SSSR count). The van der Waals surface area contributed by atoms with Crippen LogP contribution in [0.15, 0.2) is 6.20 Å². The second-order valence-electron chi connectivity index (χ2n) is 4.53. The molecule has 1 N–H and O–H groups in total. The zero-order chi connectivity index (χ0) is 12.3. The van der Waals surface area contributed by atoms with Crippen molar-refractivity contribution >= 4 is 17.5 Å². The van der Waals surface area contributed by atoms with Crippen molar-refractivity contribution in [1.82, 2.24) is 15.1 Å². The summed E-state index contributed by atoms with van der Waals surface area (Å²) in [7, 11) is 0. The number of H-pyrrole nitrogens is 1. The summed E-state index contributed by atoms with van der Waals surface area (Å²) < 4.78 is 0. The minimum atomic E-state index is 0.105. The van der Waals surface area contributed by atoms with Gasteiger partial charge < -0.3 is 4.90 Å². The molecule has 0 aliphatic carbocycles. The molecule has 17 heavy (non-hydrogen) atoms. The van der Waals surface area contributed by atoms with Gasteiger partial charge in [-0.25, -0.2) is 0 Å². The van der Waals surface area contributed by atoms with E-state index in [1.54, 1.807) is 6.20 Å². The van der Waals surface area contributed by atoms with E-state index in [9.17, 15) is 4.79 Å². The first-order valence-corrected chi connectivity index (χ1v) is 6.64. The first-order valence-electron chi connectivity index (χ1n) is 6.11. The summed E-state index contributed by atoms with van der Waals surface area (Å²) in [5, 5.41) is 6.72. The molecule has 0 spiro atoms. The van der Waals surface area contributed by atoms with Crippen molar-refractivity contribution in [2.45, 2.75) is 38.6 Å². The SMILES string of the molecule is Cc1[nH]ncc1C(=O)N1CCCC1CCCCl. The molecule has 1 amide bonds. The van der Waals surface area contributed by atoms with Crippen molar-refractivity contribution < 1.29 is 4.79 Å². The van der Waals surface area contributed by atoms with Gasteiger partial charge in [0.1, 0.15) is 0 Å². The van der Waals surface area contributed by atoms with Gasteiger partial charge in [0.05, 0.1) is 11.8 Å². The molecule has 1 saturated heterocycles. The summed E-state index contributed by atoms with van der Waals surface area (Å²) in [5.74, 6) is 0.775. The molecule has 1 aromatic heterocycles. The maximum absolute atomic E-state index is 12.3. The van der Waals surface area contributed by atoms with E-state index < -0.39 is 0 Å². The van der Waals surface area contributed by atoms with Crippen molar-refractivity contribution in [3.63, 3.8) is 0 Å². The number of hydrogen-bond donors (Lipinski definition) is 1. The van der Waals surface area contributed by atoms with Crippen LogP contribution >= 0.6 is 11.6 Å². The molecule has 5 heteroatoms. The summed E-state index contributed by atoms with van der Waals surface area (Å²) in [6.07, 6.45) is 5.79. The Bertz CT molecular complexity index is 391. The number of aromatic amines is 1. The second kappa shape index (κ2) is 5.54. The molecular formula is C12H18ClN3O. The van der Waals surface area contributed by atoms with E-state index in [0.29, 0.717) is 17.5 Å². The van der Waals surface area contributed by atoms with Gasteiger partial charge >= 0.3 is 0 Å². The lowest BCUT2D eigenvalue weighted by Gasteiger charge is -2.24. The van der Waals surface area contributed by atoms with Crippen molar-refractivity contribution in [2.75, 3.05) is 12.4 Å². The Morgan fingerprint density at radius 1 is 1.71 bits per heavy atom. The van der Waals surface area contributed by atoms with Crippen LogP contribution in [0, 0.1) is 6.92 Å². The lowest BCUT2D eigenvalue weighted by Crippen LogP contribution is -2.35. The molecule has 0 aromatic carbocycles. The third-order valence-corrected chi connectivity index (χ3v) is 3.64. The normalized spacial score (nSPS) is 19.9. The van der Waals surface area contributed by atoms with Gasteiger partial charge in [-0.1, -0.05) is 0 Å². The number of alkyl halides is 1. The number of aromatic nitrogens is 2. The van der Waals surface area contributed by atoms with Crippen LogP contribution < -0.4 is 0 Å². The molecule has 1 aromatic rings. The van der Waals surface area contributed by atoms with Crippen LogP contribution in [-0.4, -0.2) is 39.5 Å². The lowest BCUT2D eigenvalue weighted by atomic mass is 10.1. The predicted octanol–water partition coefficient (Wildman–Crippen LogP) is 2.34. The highest BCUT2D eigenvalue weighted by Gasteiger charge is 2.29. The number of amides is 1. The van der Waals surface area contributed by atoms with Crippen LogP contribution in [0.2, 0.25) is 0 Å². The maximum atomic E-state index is 12.3. The molecule has 94 valence electrons. The monoisotopic (exact) mass is 255 g/mol. The first kappa shape index (κ1) is 12.4. The fourth-order valence-electron chi connectivity index (χ4n) is 2.44. The fraction of sp³-hybridized carbons (Fsp3) is 0.667. The zero-order valence-electron chi connectivity index (χ0n) is 10.1. The largest absolute Gasteiger partial charge is 0.336 e. The average Bonchev–Trinajstić information content (AvgIpc) is 2.94. The van der Waals surface area contributed by atoms with Gasteiger partial charge in [-0.05, 0) is 32.6 Å². The fourth-order valence-corrected chi connectivity index (χ4v) is 2.59. The lowest BCUT2D eigenvalue weighted by molar-refractivity contribution is 0.0729. The topological polar surface area (TPSA) is 49.0 Å². The molecule has 0 bridgehead atoms. The Hall–Kier alpha value is -1.03. The highest BCUT2D eigenvalue weighted by Crippen LogP contribution is 2.24. The van der Waals surface area contributed by atoms with Crippen LogP contribution in [0.5, 0.6) is 0 Å². The van der Waals surface area contributed by atoms with Crippen molar-refractivity contribution in [3.05, 3.63) is 17.5 Å². The molecule has 1 aliphatic rings. The molecular weight excluding hydrogens is 238 g/mol. The maximum Gasteiger partial charge on any atom is 0.257 e. The zero-order valence-corrected chi connectivity index (χ0v) is 10.8.